The summed E-state index contributed by atoms with van der Waals surface area (Å²) in [6.07, 6.45) is 4.47. The van der Waals surface area contributed by atoms with Crippen molar-refractivity contribution in [3.8, 4) is 5.75 Å². The zero-order chi connectivity index (χ0) is 17.1. The number of aromatic nitrogens is 2. The Labute approximate surface area is 143 Å². The first-order valence-corrected chi connectivity index (χ1v) is 7.92. The molecule has 2 N–H and O–H groups in total. The summed E-state index contributed by atoms with van der Waals surface area (Å²) in [6.45, 7) is 0.512. The Morgan fingerprint density at radius 1 is 1.46 bits per heavy atom. The summed E-state index contributed by atoms with van der Waals surface area (Å²) in [6, 6.07) is 4.33. The van der Waals surface area contributed by atoms with E-state index in [4.69, 9.17) is 16.3 Å². The number of amides is 2. The zero-order valence-electron chi connectivity index (χ0n) is 13.1. The molecule has 126 valence electrons. The number of anilines is 1. The Kier molecular flexibility index (Phi) is 4.71. The molecule has 1 atom stereocenters. The number of aromatic amines is 1. The van der Waals surface area contributed by atoms with Gasteiger partial charge in [0.05, 0.1) is 24.6 Å². The lowest BCUT2D eigenvalue weighted by Crippen LogP contribution is -2.43. The molecule has 0 radical (unpaired) electrons. The zero-order valence-corrected chi connectivity index (χ0v) is 13.8. The minimum Gasteiger partial charge on any atom is -0.496 e. The molecule has 1 aliphatic rings. The first kappa shape index (κ1) is 16.3. The lowest BCUT2D eigenvalue weighted by atomic mass is 10.1. The first-order chi connectivity index (χ1) is 11.6. The van der Waals surface area contributed by atoms with Crippen LogP contribution in [-0.4, -0.2) is 46.6 Å². The van der Waals surface area contributed by atoms with Gasteiger partial charge in [-0.15, -0.1) is 0 Å². The number of nitrogens with one attached hydrogen (secondary N) is 2. The van der Waals surface area contributed by atoms with E-state index in [1.807, 2.05) is 0 Å². The van der Waals surface area contributed by atoms with Gasteiger partial charge in [0.1, 0.15) is 11.8 Å². The van der Waals surface area contributed by atoms with Gasteiger partial charge in [-0.3, -0.25) is 14.7 Å². The number of carbonyl (C=O) groups is 2. The van der Waals surface area contributed by atoms with E-state index in [1.165, 1.54) is 13.3 Å². The maximum absolute atomic E-state index is 12.9. The number of benzene rings is 1. The summed E-state index contributed by atoms with van der Waals surface area (Å²) in [7, 11) is 1.49. The molecule has 24 heavy (non-hydrogen) atoms. The maximum Gasteiger partial charge on any atom is 0.258 e. The van der Waals surface area contributed by atoms with Gasteiger partial charge in [-0.25, -0.2) is 0 Å². The summed E-state index contributed by atoms with van der Waals surface area (Å²) >= 11 is 6.00. The Bertz CT molecular complexity index is 748. The predicted molar refractivity (Wildman–Crippen MR) is 89.3 cm³/mol. The second kappa shape index (κ2) is 6.92. The van der Waals surface area contributed by atoms with Gasteiger partial charge < -0.3 is 15.0 Å². The van der Waals surface area contributed by atoms with Crippen molar-refractivity contribution in [3.63, 3.8) is 0 Å². The minimum absolute atomic E-state index is 0.233. The molecule has 2 aromatic rings. The average Bonchev–Trinajstić information content (AvgIpc) is 3.25. The Morgan fingerprint density at radius 3 is 3.00 bits per heavy atom. The van der Waals surface area contributed by atoms with Crippen LogP contribution in [0.3, 0.4) is 0 Å². The van der Waals surface area contributed by atoms with E-state index < -0.39 is 6.04 Å². The number of halogens is 1. The largest absolute Gasteiger partial charge is 0.496 e. The highest BCUT2D eigenvalue weighted by Crippen LogP contribution is 2.28. The molecule has 0 saturated carbocycles. The number of nitrogens with zero attached hydrogens (tertiary/aromatic N) is 2. The molecule has 1 saturated heterocycles. The average molecular weight is 349 g/mol. The van der Waals surface area contributed by atoms with Crippen LogP contribution in [0.4, 0.5) is 5.69 Å². The van der Waals surface area contributed by atoms with Gasteiger partial charge in [0, 0.05) is 17.8 Å². The third-order valence-corrected chi connectivity index (χ3v) is 4.21. The van der Waals surface area contributed by atoms with Gasteiger partial charge in [-0.2, -0.15) is 5.10 Å². The van der Waals surface area contributed by atoms with E-state index in [-0.39, 0.29) is 11.8 Å². The van der Waals surface area contributed by atoms with Gasteiger partial charge in [-0.05, 0) is 31.0 Å². The summed E-state index contributed by atoms with van der Waals surface area (Å²) in [4.78, 5) is 26.9. The molecule has 3 rings (SSSR count). The molecule has 2 heterocycles. The van der Waals surface area contributed by atoms with Crippen LogP contribution in [0.25, 0.3) is 0 Å². The van der Waals surface area contributed by atoms with E-state index in [0.717, 1.165) is 6.42 Å². The predicted octanol–water partition coefficient (Wildman–Crippen LogP) is 2.31. The second-order valence-electron chi connectivity index (χ2n) is 5.48. The monoisotopic (exact) mass is 348 g/mol. The van der Waals surface area contributed by atoms with Gasteiger partial charge in [0.25, 0.3) is 5.91 Å². The SMILES string of the molecule is COc1ccc(Cl)cc1C(=O)N1CCC[C@@H]1C(=O)Nc1cn[nH]c1. The molecule has 1 aromatic carbocycles. The fourth-order valence-electron chi connectivity index (χ4n) is 2.83. The molecular formula is C16H17ClN4O3. The van der Waals surface area contributed by atoms with Crippen molar-refractivity contribution < 1.29 is 14.3 Å². The molecule has 8 heteroatoms. The first-order valence-electron chi connectivity index (χ1n) is 7.54. The number of ether oxygens (including phenoxy) is 1. The third-order valence-electron chi connectivity index (χ3n) is 3.97. The summed E-state index contributed by atoms with van der Waals surface area (Å²) in [5, 5.41) is 9.61. The number of likely N-dealkylation sites (tertiary alicyclic amines) is 1. The standard InChI is InChI=1S/C16H17ClN4O3/c1-24-14-5-4-10(17)7-12(14)16(23)21-6-2-3-13(21)15(22)20-11-8-18-19-9-11/h4-5,7-9,13H,2-3,6H2,1H3,(H,18,19)(H,20,22)/t13-/m1/s1. The topological polar surface area (TPSA) is 87.3 Å². The van der Waals surface area contributed by atoms with Crippen molar-refractivity contribution >= 4 is 29.1 Å². The fourth-order valence-corrected chi connectivity index (χ4v) is 3.00. The summed E-state index contributed by atoms with van der Waals surface area (Å²) in [5.74, 6) is -0.0623. The van der Waals surface area contributed by atoms with Crippen molar-refractivity contribution in [3.05, 3.63) is 41.2 Å². The van der Waals surface area contributed by atoms with Crippen LogP contribution >= 0.6 is 11.6 Å². The smallest absolute Gasteiger partial charge is 0.258 e. The van der Waals surface area contributed by atoms with Crippen molar-refractivity contribution in [1.29, 1.82) is 0 Å². The van der Waals surface area contributed by atoms with Crippen LogP contribution in [0.2, 0.25) is 5.02 Å². The quantitative estimate of drug-likeness (QED) is 0.887. The third kappa shape index (κ3) is 3.21. The van der Waals surface area contributed by atoms with E-state index in [1.54, 1.807) is 29.3 Å². The number of carbonyl (C=O) groups excluding carboxylic acids is 2. The number of hydrogen-bond donors (Lipinski definition) is 2. The molecule has 2 amide bonds. The van der Waals surface area contributed by atoms with E-state index in [0.29, 0.717) is 35.0 Å². The molecule has 0 bridgehead atoms. The molecular weight excluding hydrogens is 332 g/mol. The van der Waals surface area contributed by atoms with Gasteiger partial charge in [0.2, 0.25) is 5.91 Å². The molecule has 1 aliphatic heterocycles. The highest BCUT2D eigenvalue weighted by atomic mass is 35.5. The fraction of sp³-hybridized carbons (Fsp3) is 0.312. The van der Waals surface area contributed by atoms with Gasteiger partial charge >= 0.3 is 0 Å². The van der Waals surface area contributed by atoms with Crippen molar-refractivity contribution in [2.45, 2.75) is 18.9 Å². The summed E-state index contributed by atoms with van der Waals surface area (Å²) < 4.78 is 5.24. The normalized spacial score (nSPS) is 16.9. The molecule has 1 fully saturated rings. The second-order valence-corrected chi connectivity index (χ2v) is 5.91. The van der Waals surface area contributed by atoms with Crippen LogP contribution in [0.15, 0.2) is 30.6 Å². The highest BCUT2D eigenvalue weighted by Gasteiger charge is 2.35. The van der Waals surface area contributed by atoms with Gasteiger partial charge in [-0.1, -0.05) is 11.6 Å². The van der Waals surface area contributed by atoms with E-state index in [2.05, 4.69) is 15.5 Å². The van der Waals surface area contributed by atoms with Crippen molar-refractivity contribution in [1.82, 2.24) is 15.1 Å². The minimum atomic E-state index is -0.531. The highest BCUT2D eigenvalue weighted by molar-refractivity contribution is 6.31. The van der Waals surface area contributed by atoms with Crippen LogP contribution in [0.1, 0.15) is 23.2 Å². The number of rotatable bonds is 4. The Morgan fingerprint density at radius 2 is 2.29 bits per heavy atom. The van der Waals surface area contributed by atoms with Crippen molar-refractivity contribution in [2.75, 3.05) is 19.0 Å². The molecule has 0 aliphatic carbocycles. The maximum atomic E-state index is 12.9. The number of H-pyrrole nitrogens is 1. The van der Waals surface area contributed by atoms with E-state index >= 15 is 0 Å². The van der Waals surface area contributed by atoms with Gasteiger partial charge in [0.15, 0.2) is 0 Å². The lowest BCUT2D eigenvalue weighted by Gasteiger charge is -2.24. The number of methoxy groups -OCH3 is 1. The van der Waals surface area contributed by atoms with Crippen LogP contribution in [0, 0.1) is 0 Å². The lowest BCUT2D eigenvalue weighted by molar-refractivity contribution is -0.119. The number of hydrogen-bond acceptors (Lipinski definition) is 4. The van der Waals surface area contributed by atoms with Crippen LogP contribution in [-0.2, 0) is 4.79 Å². The van der Waals surface area contributed by atoms with Crippen LogP contribution < -0.4 is 10.1 Å². The molecule has 7 nitrogen and oxygen atoms in total. The van der Waals surface area contributed by atoms with E-state index in [9.17, 15) is 9.59 Å². The summed E-state index contributed by atoms with van der Waals surface area (Å²) in [5.41, 5.74) is 0.924. The van der Waals surface area contributed by atoms with Crippen LogP contribution in [0.5, 0.6) is 5.75 Å². The molecule has 1 aromatic heterocycles. The molecule has 0 unspecified atom stereocenters. The van der Waals surface area contributed by atoms with Crippen molar-refractivity contribution in [2.24, 2.45) is 0 Å². The Balaban J connectivity index is 1.81. The molecule has 0 spiro atoms. The Hall–Kier alpha value is -2.54.